The standard InChI is InChI=1S/C22H23FN2O2/c23-22(12-3-4-15(14-22)21(24)26)16-7-9-17(10-8-16)27-20-11-13-25-19-6-2-1-5-18(19)20/h1-6,11-13,16-17H,7-10,14H2,(H2,24,26). The maximum Gasteiger partial charge on any atom is 0.244 e. The van der Waals surface area contributed by atoms with E-state index >= 15 is 4.39 Å². The highest BCUT2D eigenvalue weighted by Gasteiger charge is 2.41. The molecule has 1 atom stereocenters. The first-order valence-corrected chi connectivity index (χ1v) is 9.43. The lowest BCUT2D eigenvalue weighted by Gasteiger charge is -2.38. The molecule has 0 aliphatic heterocycles. The van der Waals surface area contributed by atoms with Gasteiger partial charge in [-0.3, -0.25) is 9.78 Å². The van der Waals surface area contributed by atoms with Crippen LogP contribution in [0.2, 0.25) is 0 Å². The quantitative estimate of drug-likeness (QED) is 0.880. The van der Waals surface area contributed by atoms with Crippen molar-refractivity contribution in [3.63, 3.8) is 0 Å². The SMILES string of the molecule is NC(=O)C1=CC=CC(F)(C2CCC(Oc3ccnc4ccccc34)CC2)C1. The fourth-order valence-electron chi connectivity index (χ4n) is 4.20. The molecular formula is C22H23FN2O2. The smallest absolute Gasteiger partial charge is 0.244 e. The zero-order valence-corrected chi connectivity index (χ0v) is 15.1. The van der Waals surface area contributed by atoms with Crippen molar-refractivity contribution in [3.05, 3.63) is 60.3 Å². The number of nitrogens with two attached hydrogens (primary N) is 1. The van der Waals surface area contributed by atoms with Gasteiger partial charge in [0.25, 0.3) is 0 Å². The fourth-order valence-corrected chi connectivity index (χ4v) is 4.20. The first-order valence-electron chi connectivity index (χ1n) is 9.43. The number of rotatable bonds is 4. The molecule has 27 heavy (non-hydrogen) atoms. The second kappa shape index (κ2) is 7.14. The van der Waals surface area contributed by atoms with E-state index in [-0.39, 0.29) is 18.4 Å². The highest BCUT2D eigenvalue weighted by molar-refractivity contribution is 5.92. The Morgan fingerprint density at radius 1 is 1.19 bits per heavy atom. The minimum atomic E-state index is -1.49. The molecule has 0 saturated heterocycles. The van der Waals surface area contributed by atoms with E-state index in [4.69, 9.17) is 10.5 Å². The van der Waals surface area contributed by atoms with Gasteiger partial charge < -0.3 is 10.5 Å². The van der Waals surface area contributed by atoms with Crippen LogP contribution in [0.15, 0.2) is 60.3 Å². The zero-order valence-electron chi connectivity index (χ0n) is 15.1. The third kappa shape index (κ3) is 3.59. The molecule has 4 rings (SSSR count). The molecule has 0 bridgehead atoms. The van der Waals surface area contributed by atoms with Crippen molar-refractivity contribution in [1.29, 1.82) is 0 Å². The number of alkyl halides is 1. The number of para-hydroxylation sites is 1. The third-order valence-electron chi connectivity index (χ3n) is 5.70. The third-order valence-corrected chi connectivity index (χ3v) is 5.70. The first-order chi connectivity index (χ1) is 13.0. The average Bonchev–Trinajstić information content (AvgIpc) is 2.69. The number of halogens is 1. The van der Waals surface area contributed by atoms with E-state index in [1.165, 1.54) is 0 Å². The molecule has 1 unspecified atom stereocenters. The molecule has 4 nitrogen and oxygen atoms in total. The molecule has 1 heterocycles. The highest BCUT2D eigenvalue weighted by atomic mass is 19.1. The number of carbonyl (C=O) groups excluding carboxylic acids is 1. The number of nitrogens with zero attached hydrogens (tertiary/aromatic N) is 1. The van der Waals surface area contributed by atoms with E-state index in [9.17, 15) is 4.79 Å². The van der Waals surface area contributed by atoms with Crippen molar-refractivity contribution in [2.24, 2.45) is 11.7 Å². The molecule has 1 amide bonds. The van der Waals surface area contributed by atoms with Gasteiger partial charge in [-0.15, -0.1) is 0 Å². The summed E-state index contributed by atoms with van der Waals surface area (Å²) in [4.78, 5) is 15.8. The number of hydrogen-bond donors (Lipinski definition) is 1. The molecule has 2 aliphatic rings. The molecule has 2 N–H and O–H groups in total. The monoisotopic (exact) mass is 366 g/mol. The van der Waals surface area contributed by atoms with Crippen LogP contribution >= 0.6 is 0 Å². The lowest BCUT2D eigenvalue weighted by molar-refractivity contribution is -0.115. The first kappa shape index (κ1) is 17.7. The van der Waals surface area contributed by atoms with Crippen molar-refractivity contribution < 1.29 is 13.9 Å². The summed E-state index contributed by atoms with van der Waals surface area (Å²) in [5, 5.41) is 0.996. The topological polar surface area (TPSA) is 65.2 Å². The second-order valence-electron chi connectivity index (χ2n) is 7.44. The maximum atomic E-state index is 15.4. The van der Waals surface area contributed by atoms with Crippen LogP contribution in [0.1, 0.15) is 32.1 Å². The van der Waals surface area contributed by atoms with E-state index in [0.717, 1.165) is 42.3 Å². The minimum absolute atomic E-state index is 0.0642. The van der Waals surface area contributed by atoms with Crippen molar-refractivity contribution in [1.82, 2.24) is 4.98 Å². The second-order valence-corrected chi connectivity index (χ2v) is 7.44. The summed E-state index contributed by atoms with van der Waals surface area (Å²) < 4.78 is 21.7. The van der Waals surface area contributed by atoms with Crippen LogP contribution in [0, 0.1) is 5.92 Å². The van der Waals surface area contributed by atoms with Gasteiger partial charge in [0.1, 0.15) is 11.4 Å². The molecule has 0 spiro atoms. The Balaban J connectivity index is 1.41. The van der Waals surface area contributed by atoms with Crippen LogP contribution in [0.3, 0.4) is 0 Å². The molecule has 1 saturated carbocycles. The van der Waals surface area contributed by atoms with Gasteiger partial charge in [-0.25, -0.2) is 4.39 Å². The molecular weight excluding hydrogens is 343 g/mol. The summed E-state index contributed by atoms with van der Waals surface area (Å²) in [6.45, 7) is 0. The largest absolute Gasteiger partial charge is 0.490 e. The lowest BCUT2D eigenvalue weighted by atomic mass is 9.73. The Labute approximate surface area is 157 Å². The average molecular weight is 366 g/mol. The van der Waals surface area contributed by atoms with Gasteiger partial charge in [0.05, 0.1) is 11.6 Å². The number of ether oxygens (including phenoxy) is 1. The van der Waals surface area contributed by atoms with Crippen molar-refractivity contribution in [2.45, 2.75) is 43.9 Å². The maximum absolute atomic E-state index is 15.4. The molecule has 5 heteroatoms. The molecule has 1 aromatic carbocycles. The van der Waals surface area contributed by atoms with Gasteiger partial charge in [-0.2, -0.15) is 0 Å². The van der Waals surface area contributed by atoms with E-state index < -0.39 is 11.6 Å². The van der Waals surface area contributed by atoms with Crippen LogP contribution in [0.5, 0.6) is 5.75 Å². The Hall–Kier alpha value is -2.69. The summed E-state index contributed by atoms with van der Waals surface area (Å²) in [7, 11) is 0. The van der Waals surface area contributed by atoms with Gasteiger partial charge in [0.2, 0.25) is 5.91 Å². The van der Waals surface area contributed by atoms with Gasteiger partial charge in [0, 0.05) is 23.6 Å². The summed E-state index contributed by atoms with van der Waals surface area (Å²) in [6, 6.07) is 9.78. The fraction of sp³-hybridized carbons (Fsp3) is 0.364. The van der Waals surface area contributed by atoms with Crippen molar-refractivity contribution in [3.8, 4) is 5.75 Å². The molecule has 140 valence electrons. The number of carbonyl (C=O) groups is 1. The number of fused-ring (bicyclic) bond motifs is 1. The van der Waals surface area contributed by atoms with Crippen LogP contribution < -0.4 is 10.5 Å². The Morgan fingerprint density at radius 3 is 2.74 bits per heavy atom. The number of benzene rings is 1. The van der Waals surface area contributed by atoms with Crippen LogP contribution in [-0.4, -0.2) is 22.7 Å². The van der Waals surface area contributed by atoms with Crippen molar-refractivity contribution in [2.75, 3.05) is 0 Å². The van der Waals surface area contributed by atoms with Gasteiger partial charge >= 0.3 is 0 Å². The van der Waals surface area contributed by atoms with Crippen LogP contribution in [-0.2, 0) is 4.79 Å². The predicted octanol–water partition coefficient (Wildman–Crippen LogP) is 4.25. The number of hydrogen-bond acceptors (Lipinski definition) is 3. The molecule has 2 aliphatic carbocycles. The number of pyridine rings is 1. The molecule has 0 radical (unpaired) electrons. The normalized spacial score (nSPS) is 28.0. The minimum Gasteiger partial charge on any atom is -0.490 e. The zero-order chi connectivity index (χ0) is 18.9. The van der Waals surface area contributed by atoms with E-state index in [1.54, 1.807) is 24.4 Å². The predicted molar refractivity (Wildman–Crippen MR) is 103 cm³/mol. The van der Waals surface area contributed by atoms with Crippen LogP contribution in [0.4, 0.5) is 4.39 Å². The van der Waals surface area contributed by atoms with Crippen molar-refractivity contribution >= 4 is 16.8 Å². The van der Waals surface area contributed by atoms with E-state index in [0.29, 0.717) is 5.57 Å². The lowest BCUT2D eigenvalue weighted by Crippen LogP contribution is -2.39. The Morgan fingerprint density at radius 2 is 1.96 bits per heavy atom. The summed E-state index contributed by atoms with van der Waals surface area (Å²) in [5.41, 5.74) is 5.12. The van der Waals surface area contributed by atoms with Crippen LogP contribution in [0.25, 0.3) is 10.9 Å². The van der Waals surface area contributed by atoms with Gasteiger partial charge in [0.15, 0.2) is 0 Å². The number of allylic oxidation sites excluding steroid dienone is 3. The van der Waals surface area contributed by atoms with E-state index in [2.05, 4.69) is 4.98 Å². The van der Waals surface area contributed by atoms with Gasteiger partial charge in [-0.1, -0.05) is 24.3 Å². The number of amides is 1. The molecule has 2 aromatic rings. The molecule has 1 fully saturated rings. The Bertz CT molecular complexity index is 910. The number of aromatic nitrogens is 1. The van der Waals surface area contributed by atoms with E-state index in [1.807, 2.05) is 30.3 Å². The number of primary amides is 1. The molecule has 1 aromatic heterocycles. The summed E-state index contributed by atoms with van der Waals surface area (Å²) in [5.74, 6) is 0.171. The van der Waals surface area contributed by atoms with Gasteiger partial charge in [-0.05, 0) is 55.9 Å². The highest BCUT2D eigenvalue weighted by Crippen LogP contribution is 2.42. The summed E-state index contributed by atoms with van der Waals surface area (Å²) in [6.07, 6.45) is 9.73. The Kier molecular flexibility index (Phi) is 4.68. The summed E-state index contributed by atoms with van der Waals surface area (Å²) >= 11 is 0.